The van der Waals surface area contributed by atoms with E-state index in [0.717, 1.165) is 22.5 Å². The van der Waals surface area contributed by atoms with Gasteiger partial charge in [0.1, 0.15) is 12.1 Å². The third kappa shape index (κ3) is 1.86. The number of hydrogen-bond donors (Lipinski definition) is 0. The second-order valence-electron chi connectivity index (χ2n) is 5.41. The summed E-state index contributed by atoms with van der Waals surface area (Å²) in [5.74, 6) is 0.723. The summed E-state index contributed by atoms with van der Waals surface area (Å²) in [5.41, 5.74) is 2.14. The summed E-state index contributed by atoms with van der Waals surface area (Å²) >= 11 is 0. The van der Waals surface area contributed by atoms with Crippen LogP contribution >= 0.6 is 0 Å². The van der Waals surface area contributed by atoms with Gasteiger partial charge in [-0.25, -0.2) is 23.6 Å². The lowest BCUT2D eigenvalue weighted by Gasteiger charge is -2.02. The van der Waals surface area contributed by atoms with E-state index in [0.29, 0.717) is 5.65 Å². The van der Waals surface area contributed by atoms with Crippen molar-refractivity contribution in [3.63, 3.8) is 0 Å². The second kappa shape index (κ2) is 4.59. The van der Waals surface area contributed by atoms with Crippen LogP contribution in [0.3, 0.4) is 0 Å². The summed E-state index contributed by atoms with van der Waals surface area (Å²) in [6, 6.07) is 6.12. The lowest BCUT2D eigenvalue weighted by molar-refractivity contribution is 0.627. The molecule has 4 aromatic rings. The summed E-state index contributed by atoms with van der Waals surface area (Å²) in [7, 11) is 0. The number of nitrogens with zero attached hydrogens (tertiary/aromatic N) is 6. The Kier molecular flexibility index (Phi) is 2.69. The maximum atomic E-state index is 13.1. The number of halogens is 1. The summed E-state index contributed by atoms with van der Waals surface area (Å²) in [6.07, 6.45) is 3.33. The molecule has 0 radical (unpaired) electrons. The minimum atomic E-state index is -0.283. The van der Waals surface area contributed by atoms with Crippen LogP contribution in [0.5, 0.6) is 0 Å². The van der Waals surface area contributed by atoms with E-state index >= 15 is 0 Å². The molecule has 0 aliphatic carbocycles. The SMILES string of the molecule is CC(C)c1nc2c3cnn(-c4ccc(F)cc4)c3ncn2n1. The monoisotopic (exact) mass is 296 g/mol. The van der Waals surface area contributed by atoms with E-state index in [2.05, 4.69) is 20.2 Å². The molecule has 0 aliphatic rings. The third-order valence-corrected chi connectivity index (χ3v) is 3.51. The molecule has 4 rings (SSSR count). The van der Waals surface area contributed by atoms with Crippen molar-refractivity contribution in [3.8, 4) is 5.69 Å². The van der Waals surface area contributed by atoms with Crippen molar-refractivity contribution in [3.05, 3.63) is 48.4 Å². The molecule has 0 amide bonds. The highest BCUT2D eigenvalue weighted by atomic mass is 19.1. The van der Waals surface area contributed by atoms with Gasteiger partial charge >= 0.3 is 0 Å². The van der Waals surface area contributed by atoms with Crippen LogP contribution in [0.4, 0.5) is 4.39 Å². The van der Waals surface area contributed by atoms with Gasteiger partial charge < -0.3 is 0 Å². The van der Waals surface area contributed by atoms with Crippen molar-refractivity contribution >= 4 is 16.7 Å². The fourth-order valence-corrected chi connectivity index (χ4v) is 2.35. The van der Waals surface area contributed by atoms with Crippen LogP contribution < -0.4 is 0 Å². The lowest BCUT2D eigenvalue weighted by atomic mass is 10.2. The molecule has 0 bridgehead atoms. The molecule has 3 aromatic heterocycles. The molecule has 0 saturated heterocycles. The van der Waals surface area contributed by atoms with Crippen molar-refractivity contribution in [2.24, 2.45) is 0 Å². The Balaban J connectivity index is 1.95. The molecule has 110 valence electrons. The molecule has 0 spiro atoms. The highest BCUT2D eigenvalue weighted by Crippen LogP contribution is 2.21. The fraction of sp³-hybridized carbons (Fsp3) is 0.200. The minimum Gasteiger partial charge on any atom is -0.216 e. The Morgan fingerprint density at radius 2 is 1.86 bits per heavy atom. The molecular weight excluding hydrogens is 283 g/mol. The van der Waals surface area contributed by atoms with Gasteiger partial charge in [0, 0.05) is 5.92 Å². The van der Waals surface area contributed by atoms with E-state index < -0.39 is 0 Å². The molecule has 0 saturated carbocycles. The number of benzene rings is 1. The first-order chi connectivity index (χ1) is 10.6. The van der Waals surface area contributed by atoms with Gasteiger partial charge in [0.05, 0.1) is 17.3 Å². The molecule has 0 unspecified atom stereocenters. The van der Waals surface area contributed by atoms with E-state index in [1.807, 2.05) is 13.8 Å². The molecule has 0 aliphatic heterocycles. The molecule has 6 nitrogen and oxygen atoms in total. The van der Waals surface area contributed by atoms with Gasteiger partial charge in [-0.1, -0.05) is 13.8 Å². The predicted molar refractivity (Wildman–Crippen MR) is 79.5 cm³/mol. The van der Waals surface area contributed by atoms with Gasteiger partial charge in [0.25, 0.3) is 0 Å². The van der Waals surface area contributed by atoms with Crippen LogP contribution in [0.2, 0.25) is 0 Å². The molecule has 7 heteroatoms. The highest BCUT2D eigenvalue weighted by Gasteiger charge is 2.14. The molecule has 0 atom stereocenters. The standard InChI is InChI=1S/C15H13FN6/c1-9(2)13-19-15-12-7-18-22(11-5-3-10(16)4-6-11)14(12)17-8-21(15)20-13/h3-9H,1-2H3. The van der Waals surface area contributed by atoms with Gasteiger partial charge in [-0.3, -0.25) is 0 Å². The molecule has 22 heavy (non-hydrogen) atoms. The molecule has 1 aromatic carbocycles. The zero-order valence-corrected chi connectivity index (χ0v) is 12.1. The zero-order chi connectivity index (χ0) is 15.3. The average molecular weight is 296 g/mol. The van der Waals surface area contributed by atoms with Crippen LogP contribution in [0, 0.1) is 5.82 Å². The molecular formula is C15H13FN6. The number of hydrogen-bond acceptors (Lipinski definition) is 4. The molecule has 0 N–H and O–H groups in total. The quantitative estimate of drug-likeness (QED) is 0.570. The van der Waals surface area contributed by atoms with Crippen molar-refractivity contribution < 1.29 is 4.39 Å². The Morgan fingerprint density at radius 1 is 1.09 bits per heavy atom. The smallest absolute Gasteiger partial charge is 0.170 e. The maximum absolute atomic E-state index is 13.1. The fourth-order valence-electron chi connectivity index (χ4n) is 2.35. The Hall–Kier alpha value is -2.83. The summed E-state index contributed by atoms with van der Waals surface area (Å²) in [4.78, 5) is 8.97. The Bertz CT molecular complexity index is 967. The largest absolute Gasteiger partial charge is 0.216 e. The van der Waals surface area contributed by atoms with Gasteiger partial charge in [0.15, 0.2) is 17.1 Å². The number of aromatic nitrogens is 6. The Labute approximate surface area is 125 Å². The van der Waals surface area contributed by atoms with E-state index in [1.54, 1.807) is 33.9 Å². The van der Waals surface area contributed by atoms with Crippen LogP contribution in [0.15, 0.2) is 36.8 Å². The van der Waals surface area contributed by atoms with Crippen molar-refractivity contribution in [1.82, 2.24) is 29.4 Å². The van der Waals surface area contributed by atoms with E-state index in [1.165, 1.54) is 12.1 Å². The highest BCUT2D eigenvalue weighted by molar-refractivity contribution is 5.89. The van der Waals surface area contributed by atoms with Crippen molar-refractivity contribution in [2.75, 3.05) is 0 Å². The first-order valence-corrected chi connectivity index (χ1v) is 6.98. The first kappa shape index (κ1) is 12.9. The van der Waals surface area contributed by atoms with Gasteiger partial charge in [0.2, 0.25) is 0 Å². The number of fused-ring (bicyclic) bond motifs is 3. The maximum Gasteiger partial charge on any atom is 0.170 e. The van der Waals surface area contributed by atoms with Crippen molar-refractivity contribution in [2.45, 2.75) is 19.8 Å². The molecule has 0 fully saturated rings. The lowest BCUT2D eigenvalue weighted by Crippen LogP contribution is -1.99. The predicted octanol–water partition coefficient (Wildman–Crippen LogP) is 2.73. The van der Waals surface area contributed by atoms with Gasteiger partial charge in [-0.2, -0.15) is 5.10 Å². The second-order valence-corrected chi connectivity index (χ2v) is 5.41. The minimum absolute atomic E-state index is 0.238. The first-order valence-electron chi connectivity index (χ1n) is 6.98. The summed E-state index contributed by atoms with van der Waals surface area (Å²) in [6.45, 7) is 4.09. The van der Waals surface area contributed by atoms with E-state index in [9.17, 15) is 4.39 Å². The van der Waals surface area contributed by atoms with Gasteiger partial charge in [-0.05, 0) is 24.3 Å². The molecule has 3 heterocycles. The summed E-state index contributed by atoms with van der Waals surface area (Å²) in [5, 5.41) is 9.57. The normalized spacial score (nSPS) is 11.8. The third-order valence-electron chi connectivity index (χ3n) is 3.51. The number of rotatable bonds is 2. The van der Waals surface area contributed by atoms with E-state index in [-0.39, 0.29) is 11.7 Å². The topological polar surface area (TPSA) is 60.9 Å². The Morgan fingerprint density at radius 3 is 2.59 bits per heavy atom. The van der Waals surface area contributed by atoms with Crippen LogP contribution in [-0.4, -0.2) is 29.4 Å². The zero-order valence-electron chi connectivity index (χ0n) is 12.1. The van der Waals surface area contributed by atoms with Crippen LogP contribution in [0.25, 0.3) is 22.4 Å². The summed E-state index contributed by atoms with van der Waals surface area (Å²) < 4.78 is 16.4. The van der Waals surface area contributed by atoms with Crippen LogP contribution in [0.1, 0.15) is 25.6 Å². The van der Waals surface area contributed by atoms with Crippen molar-refractivity contribution in [1.29, 1.82) is 0 Å². The van der Waals surface area contributed by atoms with Gasteiger partial charge in [-0.15, -0.1) is 5.10 Å². The van der Waals surface area contributed by atoms with Crippen LogP contribution in [-0.2, 0) is 0 Å². The van der Waals surface area contributed by atoms with E-state index in [4.69, 9.17) is 0 Å². The average Bonchev–Trinajstić information content (AvgIpc) is 3.11.